The molecule has 0 atom stereocenters. The molecular weight excluding hydrogens is 502 g/mol. The maximum atomic E-state index is 11.5. The topological polar surface area (TPSA) is 41.8 Å². The van der Waals surface area contributed by atoms with E-state index in [4.69, 9.17) is 9.73 Å². The van der Waals surface area contributed by atoms with E-state index in [1.54, 1.807) is 7.11 Å². The minimum Gasteiger partial charge on any atom is -0.507 e. The van der Waals surface area contributed by atoms with E-state index < -0.39 is 0 Å². The van der Waals surface area contributed by atoms with Gasteiger partial charge in [-0.3, -0.25) is 4.99 Å². The fraction of sp³-hybridized carbons (Fsp3) is 0.382. The van der Waals surface area contributed by atoms with Gasteiger partial charge in [-0.2, -0.15) is 0 Å². The molecule has 4 saturated carbocycles. The van der Waals surface area contributed by atoms with Gasteiger partial charge in [-0.1, -0.05) is 49.9 Å². The average molecular weight is 546 g/mol. The van der Waals surface area contributed by atoms with Crippen LogP contribution in [0.4, 0.5) is 5.69 Å². The Kier molecular flexibility index (Phi) is 10.6. The third-order valence-electron chi connectivity index (χ3n) is 8.54. The first-order valence-electron chi connectivity index (χ1n) is 12.7. The van der Waals surface area contributed by atoms with Gasteiger partial charge in [-0.05, 0) is 92.4 Å². The second kappa shape index (κ2) is 12.7. The maximum absolute atomic E-state index is 11.5. The quantitative estimate of drug-likeness (QED) is 0.197. The Morgan fingerprint density at radius 3 is 2.03 bits per heavy atom. The van der Waals surface area contributed by atoms with Crippen LogP contribution < -0.4 is 4.74 Å². The summed E-state index contributed by atoms with van der Waals surface area (Å²) in [7, 11) is 1.70. The summed E-state index contributed by atoms with van der Waals surface area (Å²) >= 11 is 0. The number of nitrogens with zero attached hydrogens (tertiary/aromatic N) is 1. The van der Waals surface area contributed by atoms with Crippen LogP contribution in [0.15, 0.2) is 65.7 Å². The van der Waals surface area contributed by atoms with Crippen LogP contribution in [0.3, 0.4) is 0 Å². The van der Waals surface area contributed by atoms with E-state index >= 15 is 0 Å². The molecule has 3 aromatic carbocycles. The van der Waals surface area contributed by atoms with Crippen LogP contribution in [0.25, 0.3) is 11.1 Å². The molecule has 4 fully saturated rings. The first-order valence-corrected chi connectivity index (χ1v) is 12.7. The summed E-state index contributed by atoms with van der Waals surface area (Å²) in [5.41, 5.74) is 6.24. The van der Waals surface area contributed by atoms with Crippen molar-refractivity contribution < 1.29 is 31.6 Å². The monoisotopic (exact) mass is 545 g/mol. The van der Waals surface area contributed by atoms with Gasteiger partial charge < -0.3 is 24.7 Å². The number of aryl methyl sites for hydroxylation is 1. The number of aliphatic imine (C=N–C) groups is 1. The van der Waals surface area contributed by atoms with E-state index in [-0.39, 0.29) is 49.4 Å². The fourth-order valence-corrected chi connectivity index (χ4v) is 7.57. The molecule has 7 rings (SSSR count). The molecule has 0 unspecified atom stereocenters. The number of benzene rings is 3. The smallest absolute Gasteiger partial charge is 0.507 e. The largest absolute Gasteiger partial charge is 3.00 e. The first-order chi connectivity index (χ1) is 16.5. The van der Waals surface area contributed by atoms with Crippen molar-refractivity contribution in [1.29, 1.82) is 0 Å². The molecule has 4 aliphatic carbocycles. The SMILES string of the molecule is C.COc1ccccc1-c1ccccc1N=Cc1cc(C)cc(C23CC4CC(CC(C4)C2)C3)c1O.[CH3-].[CH3-].[Ti+3]. The van der Waals surface area contributed by atoms with Crippen molar-refractivity contribution in [2.75, 3.05) is 7.11 Å². The molecule has 0 aliphatic heterocycles. The van der Waals surface area contributed by atoms with Crippen molar-refractivity contribution in [2.24, 2.45) is 22.7 Å². The number of rotatable bonds is 5. The molecule has 3 aromatic rings. The number of phenols is 1. The summed E-state index contributed by atoms with van der Waals surface area (Å²) in [6.07, 6.45) is 9.77. The summed E-state index contributed by atoms with van der Waals surface area (Å²) in [6, 6.07) is 20.5. The van der Waals surface area contributed by atoms with E-state index in [2.05, 4.69) is 31.2 Å². The second-order valence-electron chi connectivity index (χ2n) is 10.9. The Hall–Kier alpha value is -2.36. The van der Waals surface area contributed by atoms with Crippen molar-refractivity contribution in [1.82, 2.24) is 0 Å². The molecule has 0 amide bonds. The van der Waals surface area contributed by atoms with Gasteiger partial charge in [0.25, 0.3) is 0 Å². The maximum Gasteiger partial charge on any atom is 3.00 e. The predicted octanol–water partition coefficient (Wildman–Crippen LogP) is 9.13. The van der Waals surface area contributed by atoms with Crippen LogP contribution in [0, 0.1) is 39.5 Å². The third-order valence-corrected chi connectivity index (χ3v) is 8.54. The third kappa shape index (κ3) is 5.65. The van der Waals surface area contributed by atoms with Crippen molar-refractivity contribution in [2.45, 2.75) is 58.3 Å². The van der Waals surface area contributed by atoms with Gasteiger partial charge in [-0.25, -0.2) is 0 Å². The van der Waals surface area contributed by atoms with E-state index in [0.29, 0.717) is 5.75 Å². The average Bonchev–Trinajstić information content (AvgIpc) is 2.83. The van der Waals surface area contributed by atoms with E-state index in [1.165, 1.54) is 49.7 Å². The zero-order valence-electron chi connectivity index (χ0n) is 22.6. The summed E-state index contributed by atoms with van der Waals surface area (Å²) < 4.78 is 5.59. The molecule has 4 heteroatoms. The first kappa shape index (κ1) is 31.9. The van der Waals surface area contributed by atoms with Crippen LogP contribution >= 0.6 is 0 Å². The molecule has 0 saturated heterocycles. The van der Waals surface area contributed by atoms with Gasteiger partial charge in [0.1, 0.15) is 11.5 Å². The Morgan fingerprint density at radius 2 is 1.42 bits per heavy atom. The minimum atomic E-state index is 0. The number of methoxy groups -OCH3 is 1. The van der Waals surface area contributed by atoms with Gasteiger partial charge in [0, 0.05) is 28.5 Å². The van der Waals surface area contributed by atoms with Gasteiger partial charge >= 0.3 is 21.7 Å². The molecule has 4 bridgehead atoms. The molecule has 199 valence electrons. The fourth-order valence-electron chi connectivity index (χ4n) is 7.57. The van der Waals surface area contributed by atoms with Crippen LogP contribution in [0.1, 0.15) is 62.6 Å². The summed E-state index contributed by atoms with van der Waals surface area (Å²) in [6.45, 7) is 2.14. The van der Waals surface area contributed by atoms with Gasteiger partial charge in [0.15, 0.2) is 0 Å². The van der Waals surface area contributed by atoms with E-state index in [0.717, 1.165) is 45.9 Å². The Balaban J connectivity index is 0.00000127. The number of aromatic hydroxyl groups is 1. The van der Waals surface area contributed by atoms with Crippen molar-refractivity contribution in [3.63, 3.8) is 0 Å². The second-order valence-corrected chi connectivity index (χ2v) is 10.9. The van der Waals surface area contributed by atoms with Crippen LogP contribution in [0.2, 0.25) is 0 Å². The van der Waals surface area contributed by atoms with Crippen LogP contribution in [-0.4, -0.2) is 18.4 Å². The molecule has 38 heavy (non-hydrogen) atoms. The normalized spacial score (nSPS) is 24.5. The molecule has 0 heterocycles. The number of hydrogen-bond acceptors (Lipinski definition) is 3. The van der Waals surface area contributed by atoms with E-state index in [9.17, 15) is 5.11 Å². The van der Waals surface area contributed by atoms with Crippen LogP contribution in [0.5, 0.6) is 11.5 Å². The number of phenolic OH excluding ortho intramolecular Hbond substituents is 1. The zero-order chi connectivity index (χ0) is 23.3. The molecule has 1 N–H and O–H groups in total. The standard InChI is InChI=1S/C31H33NO2.CH4.2CH3.Ti/c1-20-11-24(19-32-28-9-5-3-7-25(28)26-8-4-6-10-29(26)34-2)30(33)27(12-20)31-16-21-13-22(17-31)15-23(14-21)18-31;;;;/h3-12,19,21-23,33H,13-18H2,1-2H3;1H4;2*1H3;/q;;2*-1;+3. The molecule has 3 nitrogen and oxygen atoms in total. The Bertz CT molecular complexity index is 1230. The number of ether oxygens (including phenoxy) is 1. The van der Waals surface area contributed by atoms with Gasteiger partial charge in [0.2, 0.25) is 0 Å². The van der Waals surface area contributed by atoms with Crippen LogP contribution in [-0.2, 0) is 27.1 Å². The molecule has 0 aromatic heterocycles. The summed E-state index contributed by atoms with van der Waals surface area (Å²) in [5, 5.41) is 11.5. The van der Waals surface area contributed by atoms with Gasteiger partial charge in [0.05, 0.1) is 12.8 Å². The summed E-state index contributed by atoms with van der Waals surface area (Å²) in [4.78, 5) is 4.88. The van der Waals surface area contributed by atoms with Gasteiger partial charge in [-0.15, -0.1) is 0 Å². The summed E-state index contributed by atoms with van der Waals surface area (Å²) in [5.74, 6) is 3.79. The molecule has 4 aliphatic rings. The molecular formula is C34H43NO2Ti+. The zero-order valence-corrected chi connectivity index (χ0v) is 24.2. The minimum absolute atomic E-state index is 0. The Morgan fingerprint density at radius 1 is 0.868 bits per heavy atom. The molecule has 1 radical (unpaired) electrons. The number of para-hydroxylation sites is 2. The Labute approximate surface area is 245 Å². The molecule has 0 spiro atoms. The van der Waals surface area contributed by atoms with Crippen molar-refractivity contribution in [3.05, 3.63) is 92.2 Å². The predicted molar refractivity (Wildman–Crippen MR) is 158 cm³/mol. The van der Waals surface area contributed by atoms with Crippen molar-refractivity contribution >= 4 is 11.9 Å². The van der Waals surface area contributed by atoms with Crippen molar-refractivity contribution in [3.8, 4) is 22.6 Å². The number of hydrogen-bond donors (Lipinski definition) is 1. The van der Waals surface area contributed by atoms with E-state index in [1.807, 2.05) is 42.6 Å².